The van der Waals surface area contributed by atoms with Crippen LogP contribution in [0.25, 0.3) is 0 Å². The van der Waals surface area contributed by atoms with Crippen LogP contribution in [-0.2, 0) is 28.7 Å². The number of likely N-dealkylation sites (N-methyl/N-ethyl adjacent to an activating group) is 1. The van der Waals surface area contributed by atoms with Crippen molar-refractivity contribution in [3.63, 3.8) is 0 Å². The minimum absolute atomic E-state index is 0.0193. The average molecular weight is 690 g/mol. The molecule has 2 rings (SSSR count). The molecule has 9 atom stereocenters. The number of likely N-dealkylation sites (tertiary alicyclic amines) is 1. The van der Waals surface area contributed by atoms with E-state index in [0.717, 1.165) is 12.8 Å². The summed E-state index contributed by atoms with van der Waals surface area (Å²) >= 11 is 0. The number of benzene rings is 1. The minimum Gasteiger partial charge on any atom is -0.386 e. The summed E-state index contributed by atoms with van der Waals surface area (Å²) in [7, 11) is 4.78. The van der Waals surface area contributed by atoms with E-state index in [4.69, 9.17) is 15.2 Å². The number of methoxy groups -OCH3 is 2. The largest absolute Gasteiger partial charge is 0.386 e. The van der Waals surface area contributed by atoms with Gasteiger partial charge in [-0.15, -0.1) is 0 Å². The zero-order valence-corrected chi connectivity index (χ0v) is 31.6. The summed E-state index contributed by atoms with van der Waals surface area (Å²) < 4.78 is 11.8. The number of amides is 4. The Hall–Kier alpha value is -3.06. The van der Waals surface area contributed by atoms with Crippen molar-refractivity contribution in [3.8, 4) is 0 Å². The van der Waals surface area contributed by atoms with Crippen LogP contribution in [0.2, 0.25) is 0 Å². The van der Waals surface area contributed by atoms with Crippen LogP contribution < -0.4 is 16.4 Å². The number of aliphatic hydroxyl groups is 1. The fourth-order valence-electron chi connectivity index (χ4n) is 6.74. The van der Waals surface area contributed by atoms with Crippen LogP contribution in [-0.4, -0.2) is 108 Å². The Kier molecular flexibility index (Phi) is 16.2. The van der Waals surface area contributed by atoms with Crippen LogP contribution in [0.5, 0.6) is 0 Å². The van der Waals surface area contributed by atoms with Gasteiger partial charge in [0.05, 0.1) is 54.3 Å². The molecule has 1 saturated heterocycles. The maximum absolute atomic E-state index is 14.1. The predicted molar refractivity (Wildman–Crippen MR) is 190 cm³/mol. The lowest BCUT2D eigenvalue weighted by Crippen LogP contribution is -2.60. The molecule has 1 fully saturated rings. The van der Waals surface area contributed by atoms with Crippen LogP contribution in [0, 0.1) is 17.8 Å². The smallest absolute Gasteiger partial charge is 0.245 e. The number of carbonyl (C=O) groups excluding carboxylic acids is 4. The summed E-state index contributed by atoms with van der Waals surface area (Å²) in [5.41, 5.74) is 5.56. The van der Waals surface area contributed by atoms with Gasteiger partial charge in [0.15, 0.2) is 0 Å². The molecule has 3 unspecified atom stereocenters. The van der Waals surface area contributed by atoms with Gasteiger partial charge in [-0.05, 0) is 51.0 Å². The van der Waals surface area contributed by atoms with Gasteiger partial charge in [0.25, 0.3) is 0 Å². The van der Waals surface area contributed by atoms with Gasteiger partial charge in [0.1, 0.15) is 6.04 Å². The summed E-state index contributed by atoms with van der Waals surface area (Å²) in [5, 5.41) is 16.6. The summed E-state index contributed by atoms with van der Waals surface area (Å²) in [6, 6.07) is 7.01. The van der Waals surface area contributed by atoms with Crippen molar-refractivity contribution >= 4 is 23.6 Å². The monoisotopic (exact) mass is 689 g/mol. The third-order valence-corrected chi connectivity index (χ3v) is 10.0. The SMILES string of the molecule is CC[C@H](C)[C@@H]([C@@H](CC(=O)N1CCCC1[C@H](OC)C(C)C(=O)NC(C)[C@@H](O)c1ccccc1)OC)N(C)C(=O)[C@@H](NC(=O)C(C)(C)N)C(C)C. The van der Waals surface area contributed by atoms with Crippen LogP contribution in [0.3, 0.4) is 0 Å². The molecule has 1 aromatic carbocycles. The van der Waals surface area contributed by atoms with Crippen LogP contribution in [0.1, 0.15) is 92.7 Å². The Bertz CT molecular complexity index is 1220. The van der Waals surface area contributed by atoms with Gasteiger partial charge in [-0.3, -0.25) is 19.2 Å². The van der Waals surface area contributed by atoms with E-state index in [1.54, 1.807) is 58.8 Å². The van der Waals surface area contributed by atoms with E-state index >= 15 is 0 Å². The molecule has 0 radical (unpaired) electrons. The predicted octanol–water partition coefficient (Wildman–Crippen LogP) is 3.02. The maximum atomic E-state index is 14.1. The molecule has 0 aromatic heterocycles. The van der Waals surface area contributed by atoms with E-state index in [-0.39, 0.29) is 42.0 Å². The average Bonchev–Trinajstić information content (AvgIpc) is 3.55. The lowest BCUT2D eigenvalue weighted by Gasteiger charge is -2.41. The third-order valence-electron chi connectivity index (χ3n) is 10.0. The molecule has 4 amide bonds. The summed E-state index contributed by atoms with van der Waals surface area (Å²) in [6.45, 7) is 15.0. The number of rotatable bonds is 18. The Balaban J connectivity index is 2.23. The second kappa shape index (κ2) is 18.8. The molecule has 1 heterocycles. The normalized spacial score (nSPS) is 20.0. The van der Waals surface area contributed by atoms with Crippen molar-refractivity contribution in [2.45, 2.75) is 129 Å². The van der Waals surface area contributed by atoms with Crippen LogP contribution in [0.4, 0.5) is 0 Å². The van der Waals surface area contributed by atoms with E-state index < -0.39 is 53.8 Å². The van der Waals surface area contributed by atoms with Crippen LogP contribution in [0.15, 0.2) is 30.3 Å². The van der Waals surface area contributed by atoms with Gasteiger partial charge >= 0.3 is 0 Å². The topological polar surface area (TPSA) is 164 Å². The molecule has 0 saturated carbocycles. The second-order valence-electron chi connectivity index (χ2n) is 14.7. The Morgan fingerprint density at radius 2 is 1.65 bits per heavy atom. The number of nitrogens with zero attached hydrogens (tertiary/aromatic N) is 2. The number of hydrogen-bond donors (Lipinski definition) is 4. The van der Waals surface area contributed by atoms with Crippen molar-refractivity contribution in [1.29, 1.82) is 0 Å². The molecule has 12 nitrogen and oxygen atoms in total. The van der Waals surface area contributed by atoms with Crippen molar-refractivity contribution in [2.24, 2.45) is 23.5 Å². The van der Waals surface area contributed by atoms with Gasteiger partial charge in [-0.1, -0.05) is 71.4 Å². The van der Waals surface area contributed by atoms with Crippen molar-refractivity contribution in [2.75, 3.05) is 27.8 Å². The molecule has 12 heteroatoms. The number of hydrogen-bond acceptors (Lipinski definition) is 8. The highest BCUT2D eigenvalue weighted by atomic mass is 16.5. The van der Waals surface area contributed by atoms with Crippen LogP contribution >= 0.6 is 0 Å². The molecule has 1 aliphatic rings. The second-order valence-corrected chi connectivity index (χ2v) is 14.7. The van der Waals surface area contributed by atoms with Crippen molar-refractivity contribution in [1.82, 2.24) is 20.4 Å². The summed E-state index contributed by atoms with van der Waals surface area (Å²) in [5.74, 6) is -1.97. The molecule has 1 aromatic rings. The van der Waals surface area contributed by atoms with E-state index in [9.17, 15) is 24.3 Å². The molecule has 1 aliphatic heterocycles. The lowest BCUT2D eigenvalue weighted by molar-refractivity contribution is -0.148. The molecule has 5 N–H and O–H groups in total. The van der Waals surface area contributed by atoms with Crippen molar-refractivity contribution in [3.05, 3.63) is 35.9 Å². The quantitative estimate of drug-likeness (QED) is 0.183. The number of nitrogens with one attached hydrogen (secondary N) is 2. The first-order chi connectivity index (χ1) is 22.9. The van der Waals surface area contributed by atoms with Gasteiger partial charge in [-0.25, -0.2) is 0 Å². The highest BCUT2D eigenvalue weighted by molar-refractivity contribution is 5.91. The summed E-state index contributed by atoms with van der Waals surface area (Å²) in [4.78, 5) is 57.6. The number of aliphatic hydroxyl groups excluding tert-OH is 1. The standard InChI is InChI=1S/C37H63N5O7/c1-12-23(4)31(41(9)35(46)30(22(2)3)40-36(47)37(7,8)38)28(48-10)21-29(43)42-20-16-19-27(42)33(49-11)24(5)34(45)39-25(6)32(44)26-17-14-13-15-18-26/h13-15,17-18,22-25,27-28,30-33,44H,12,16,19-21,38H2,1-11H3,(H,39,45)(H,40,47)/t23-,24?,25?,27?,28+,30-,31-,32+,33+/m0/s1. The first-order valence-corrected chi connectivity index (χ1v) is 17.7. The van der Waals surface area contributed by atoms with Gasteiger partial charge in [-0.2, -0.15) is 0 Å². The molecule has 49 heavy (non-hydrogen) atoms. The van der Waals surface area contributed by atoms with Gasteiger partial charge in [0, 0.05) is 27.8 Å². The minimum atomic E-state index is -1.16. The Labute approximate surface area is 293 Å². The van der Waals surface area contributed by atoms with Crippen molar-refractivity contribution < 1.29 is 33.8 Å². The highest BCUT2D eigenvalue weighted by Crippen LogP contribution is 2.30. The van der Waals surface area contributed by atoms with E-state index in [0.29, 0.717) is 18.5 Å². The zero-order chi connectivity index (χ0) is 37.2. The third kappa shape index (κ3) is 11.0. The van der Waals surface area contributed by atoms with E-state index in [1.807, 2.05) is 58.0 Å². The molecule has 0 bridgehead atoms. The number of nitrogens with two attached hydrogens (primary N) is 1. The Morgan fingerprint density at radius 1 is 1.04 bits per heavy atom. The molecule has 278 valence electrons. The Morgan fingerprint density at radius 3 is 2.16 bits per heavy atom. The fourth-order valence-corrected chi connectivity index (χ4v) is 6.74. The molecule has 0 aliphatic carbocycles. The highest BCUT2D eigenvalue weighted by Gasteiger charge is 2.43. The maximum Gasteiger partial charge on any atom is 0.245 e. The first kappa shape index (κ1) is 42.1. The van der Waals surface area contributed by atoms with E-state index in [2.05, 4.69) is 10.6 Å². The first-order valence-electron chi connectivity index (χ1n) is 17.7. The lowest BCUT2D eigenvalue weighted by atomic mass is 9.89. The molecular formula is C37H63N5O7. The zero-order valence-electron chi connectivity index (χ0n) is 31.6. The fraction of sp³-hybridized carbons (Fsp3) is 0.730. The van der Waals surface area contributed by atoms with E-state index in [1.165, 1.54) is 0 Å². The molecule has 0 spiro atoms. The number of carbonyl (C=O) groups is 4. The summed E-state index contributed by atoms with van der Waals surface area (Å²) in [6.07, 6.45) is 0.0864. The number of ether oxygens (including phenoxy) is 2. The molecular weight excluding hydrogens is 626 g/mol. The van der Waals surface area contributed by atoms with Gasteiger partial charge in [0.2, 0.25) is 23.6 Å². The van der Waals surface area contributed by atoms with Gasteiger partial charge < -0.3 is 40.7 Å².